The molecule has 0 aliphatic carbocycles. The molecule has 130 valence electrons. The summed E-state index contributed by atoms with van der Waals surface area (Å²) in [7, 11) is 0. The third kappa shape index (κ3) is 2.93. The minimum atomic E-state index is -0.0326. The minimum Gasteiger partial charge on any atom is -0.440 e. The molecule has 2 heterocycles. The Bertz CT molecular complexity index is 1120. The highest BCUT2D eigenvalue weighted by Gasteiger charge is 2.22. The third-order valence-corrected chi connectivity index (χ3v) is 4.80. The second kappa shape index (κ2) is 6.61. The van der Waals surface area contributed by atoms with Crippen molar-refractivity contribution >= 4 is 11.1 Å². The normalized spacial score (nSPS) is 11.3. The van der Waals surface area contributed by atoms with E-state index in [9.17, 15) is 0 Å². The SMILES string of the molecule is c1ccc(C(c2ccccc2)c2nc3cc(-n4cccc4)ccc3o2)cc1. The molecule has 0 amide bonds. The van der Waals surface area contributed by atoms with Gasteiger partial charge in [0.25, 0.3) is 0 Å². The number of rotatable bonds is 4. The molecule has 27 heavy (non-hydrogen) atoms. The molecule has 3 aromatic carbocycles. The lowest BCUT2D eigenvalue weighted by Crippen LogP contribution is -2.03. The summed E-state index contributed by atoms with van der Waals surface area (Å²) in [6.45, 7) is 0. The lowest BCUT2D eigenvalue weighted by atomic mass is 9.91. The van der Waals surface area contributed by atoms with Crippen LogP contribution in [0.4, 0.5) is 0 Å². The van der Waals surface area contributed by atoms with E-state index >= 15 is 0 Å². The Morgan fingerprint density at radius 1 is 0.704 bits per heavy atom. The molecule has 0 spiro atoms. The summed E-state index contributed by atoms with van der Waals surface area (Å²) in [5.41, 5.74) is 5.08. The molecular weight excluding hydrogens is 332 g/mol. The first-order valence-electron chi connectivity index (χ1n) is 9.02. The van der Waals surface area contributed by atoms with Crippen LogP contribution >= 0.6 is 0 Å². The highest BCUT2D eigenvalue weighted by atomic mass is 16.3. The molecule has 0 radical (unpaired) electrons. The molecule has 0 saturated heterocycles. The van der Waals surface area contributed by atoms with Gasteiger partial charge >= 0.3 is 0 Å². The molecule has 5 rings (SSSR count). The molecule has 0 aliphatic rings. The fourth-order valence-electron chi connectivity index (χ4n) is 3.49. The average molecular weight is 350 g/mol. The van der Waals surface area contributed by atoms with Gasteiger partial charge in [0.05, 0.1) is 5.92 Å². The van der Waals surface area contributed by atoms with E-state index in [0.29, 0.717) is 5.89 Å². The maximum atomic E-state index is 6.19. The van der Waals surface area contributed by atoms with Gasteiger partial charge in [0, 0.05) is 18.1 Å². The minimum absolute atomic E-state index is 0.0326. The summed E-state index contributed by atoms with van der Waals surface area (Å²) in [5.74, 6) is 0.682. The molecule has 0 N–H and O–H groups in total. The van der Waals surface area contributed by atoms with Crippen LogP contribution in [0.3, 0.4) is 0 Å². The van der Waals surface area contributed by atoms with Crippen molar-refractivity contribution in [1.29, 1.82) is 0 Å². The van der Waals surface area contributed by atoms with E-state index in [4.69, 9.17) is 9.40 Å². The van der Waals surface area contributed by atoms with Crippen LogP contribution in [0.1, 0.15) is 22.9 Å². The Morgan fingerprint density at radius 3 is 1.96 bits per heavy atom. The molecule has 0 unspecified atom stereocenters. The van der Waals surface area contributed by atoms with Gasteiger partial charge in [-0.25, -0.2) is 4.98 Å². The Kier molecular flexibility index (Phi) is 3.83. The van der Waals surface area contributed by atoms with Crippen LogP contribution in [0.25, 0.3) is 16.8 Å². The van der Waals surface area contributed by atoms with Gasteiger partial charge in [0.1, 0.15) is 5.52 Å². The quantitative estimate of drug-likeness (QED) is 0.410. The molecular formula is C24H18N2O. The first-order valence-corrected chi connectivity index (χ1v) is 9.02. The number of aromatic nitrogens is 2. The average Bonchev–Trinajstić information content (AvgIpc) is 3.39. The van der Waals surface area contributed by atoms with E-state index in [0.717, 1.165) is 16.8 Å². The van der Waals surface area contributed by atoms with E-state index in [2.05, 4.69) is 65.2 Å². The van der Waals surface area contributed by atoms with Crippen molar-refractivity contribution in [3.05, 3.63) is 120 Å². The zero-order chi connectivity index (χ0) is 18.1. The summed E-state index contributed by atoms with van der Waals surface area (Å²) in [6, 6.07) is 30.9. The van der Waals surface area contributed by atoms with Crippen LogP contribution in [-0.4, -0.2) is 9.55 Å². The van der Waals surface area contributed by atoms with Crippen molar-refractivity contribution in [1.82, 2.24) is 9.55 Å². The molecule has 2 aromatic heterocycles. The van der Waals surface area contributed by atoms with E-state index in [1.54, 1.807) is 0 Å². The number of oxazole rings is 1. The molecule has 3 nitrogen and oxygen atoms in total. The largest absolute Gasteiger partial charge is 0.440 e. The maximum absolute atomic E-state index is 6.19. The lowest BCUT2D eigenvalue weighted by Gasteiger charge is -2.14. The fourth-order valence-corrected chi connectivity index (χ4v) is 3.49. The van der Waals surface area contributed by atoms with Crippen LogP contribution in [0.5, 0.6) is 0 Å². The van der Waals surface area contributed by atoms with Crippen LogP contribution in [-0.2, 0) is 0 Å². The highest BCUT2D eigenvalue weighted by molar-refractivity contribution is 5.75. The van der Waals surface area contributed by atoms with Crippen molar-refractivity contribution in [2.45, 2.75) is 5.92 Å². The first-order chi connectivity index (χ1) is 13.4. The van der Waals surface area contributed by atoms with Crippen molar-refractivity contribution in [3.8, 4) is 5.69 Å². The molecule has 0 fully saturated rings. The van der Waals surface area contributed by atoms with Crippen molar-refractivity contribution in [3.63, 3.8) is 0 Å². The number of hydrogen-bond acceptors (Lipinski definition) is 2. The molecule has 0 bridgehead atoms. The maximum Gasteiger partial charge on any atom is 0.207 e. The van der Waals surface area contributed by atoms with Crippen LogP contribution in [0.2, 0.25) is 0 Å². The van der Waals surface area contributed by atoms with Crippen LogP contribution < -0.4 is 0 Å². The number of benzene rings is 3. The van der Waals surface area contributed by atoms with Gasteiger partial charge in [-0.05, 0) is 41.5 Å². The van der Waals surface area contributed by atoms with E-state index in [1.807, 2.05) is 42.7 Å². The number of nitrogens with zero attached hydrogens (tertiary/aromatic N) is 2. The summed E-state index contributed by atoms with van der Waals surface area (Å²) < 4.78 is 8.26. The lowest BCUT2D eigenvalue weighted by molar-refractivity contribution is 0.522. The zero-order valence-electron chi connectivity index (χ0n) is 14.7. The summed E-state index contributed by atoms with van der Waals surface area (Å²) >= 11 is 0. The Balaban J connectivity index is 1.64. The summed E-state index contributed by atoms with van der Waals surface area (Å²) in [6.07, 6.45) is 4.05. The second-order valence-electron chi connectivity index (χ2n) is 6.55. The molecule has 0 aliphatic heterocycles. The van der Waals surface area contributed by atoms with E-state index in [-0.39, 0.29) is 5.92 Å². The van der Waals surface area contributed by atoms with Gasteiger partial charge in [-0.3, -0.25) is 0 Å². The van der Waals surface area contributed by atoms with E-state index in [1.165, 1.54) is 11.1 Å². The van der Waals surface area contributed by atoms with Crippen LogP contribution in [0, 0.1) is 0 Å². The Labute approximate surface area is 157 Å². The highest BCUT2D eigenvalue weighted by Crippen LogP contribution is 2.33. The topological polar surface area (TPSA) is 31.0 Å². The van der Waals surface area contributed by atoms with Gasteiger partial charge in [-0.15, -0.1) is 0 Å². The second-order valence-corrected chi connectivity index (χ2v) is 6.55. The number of hydrogen-bond donors (Lipinski definition) is 0. The van der Waals surface area contributed by atoms with Crippen molar-refractivity contribution in [2.75, 3.05) is 0 Å². The predicted molar refractivity (Wildman–Crippen MR) is 107 cm³/mol. The fraction of sp³-hybridized carbons (Fsp3) is 0.0417. The standard InChI is InChI=1S/C24H18N2O/c1-3-9-18(10-4-1)23(19-11-5-2-6-12-19)24-25-21-17-20(13-14-22(21)27-24)26-15-7-8-16-26/h1-17,23H. The molecule has 5 aromatic rings. The van der Waals surface area contributed by atoms with Crippen molar-refractivity contribution < 1.29 is 4.42 Å². The molecule has 3 heteroatoms. The van der Waals surface area contributed by atoms with Gasteiger partial charge in [-0.2, -0.15) is 0 Å². The summed E-state index contributed by atoms with van der Waals surface area (Å²) in [5, 5.41) is 0. The van der Waals surface area contributed by atoms with Gasteiger partial charge in [0.2, 0.25) is 5.89 Å². The first kappa shape index (κ1) is 15.6. The Morgan fingerprint density at radius 2 is 1.33 bits per heavy atom. The molecule has 0 atom stereocenters. The van der Waals surface area contributed by atoms with Crippen molar-refractivity contribution in [2.24, 2.45) is 0 Å². The van der Waals surface area contributed by atoms with Gasteiger partial charge < -0.3 is 8.98 Å². The molecule has 0 saturated carbocycles. The van der Waals surface area contributed by atoms with Gasteiger partial charge in [0.15, 0.2) is 5.58 Å². The van der Waals surface area contributed by atoms with Gasteiger partial charge in [-0.1, -0.05) is 60.7 Å². The smallest absolute Gasteiger partial charge is 0.207 e. The summed E-state index contributed by atoms with van der Waals surface area (Å²) in [4.78, 5) is 4.86. The monoisotopic (exact) mass is 350 g/mol. The number of fused-ring (bicyclic) bond motifs is 1. The zero-order valence-corrected chi connectivity index (χ0v) is 14.7. The third-order valence-electron chi connectivity index (χ3n) is 4.80. The Hall–Kier alpha value is -3.59. The van der Waals surface area contributed by atoms with E-state index < -0.39 is 0 Å². The predicted octanol–water partition coefficient (Wildman–Crippen LogP) is 5.80. The van der Waals surface area contributed by atoms with Crippen LogP contribution in [0.15, 0.2) is 108 Å².